The maximum Gasteiger partial charge on any atom is 0.240 e. The second-order valence-corrected chi connectivity index (χ2v) is 6.23. The fraction of sp³-hybridized carbons (Fsp3) is 0.368. The van der Waals surface area contributed by atoms with E-state index in [1.807, 2.05) is 56.4 Å². The number of carbonyl (C=O) groups is 1. The van der Waals surface area contributed by atoms with Crippen molar-refractivity contribution < 1.29 is 4.79 Å². The van der Waals surface area contributed by atoms with Crippen molar-refractivity contribution in [1.82, 2.24) is 10.3 Å². The Morgan fingerprint density at radius 1 is 1.26 bits per heavy atom. The molecule has 0 aliphatic carbocycles. The van der Waals surface area contributed by atoms with Crippen LogP contribution in [0.3, 0.4) is 0 Å². The van der Waals surface area contributed by atoms with Crippen LogP contribution in [0.2, 0.25) is 0 Å². The van der Waals surface area contributed by atoms with E-state index in [2.05, 4.69) is 10.3 Å². The van der Waals surface area contributed by atoms with Crippen LogP contribution in [0, 0.1) is 0 Å². The number of pyridine rings is 1. The lowest BCUT2D eigenvalue weighted by atomic mass is 9.95. The second kappa shape index (κ2) is 7.38. The molecule has 122 valence electrons. The van der Waals surface area contributed by atoms with Crippen LogP contribution >= 0.6 is 0 Å². The smallest absolute Gasteiger partial charge is 0.240 e. The lowest BCUT2D eigenvalue weighted by Gasteiger charge is -2.25. The number of hydrogen-bond acceptors (Lipinski definition) is 3. The van der Waals surface area contributed by atoms with E-state index < -0.39 is 5.54 Å². The molecule has 0 fully saturated rings. The van der Waals surface area contributed by atoms with Crippen LogP contribution in [0.5, 0.6) is 0 Å². The molecule has 1 heterocycles. The summed E-state index contributed by atoms with van der Waals surface area (Å²) in [6.45, 7) is 5.78. The van der Waals surface area contributed by atoms with Gasteiger partial charge in [-0.05, 0) is 43.0 Å². The summed E-state index contributed by atoms with van der Waals surface area (Å²) in [5, 5.41) is 3.00. The van der Waals surface area contributed by atoms with Crippen molar-refractivity contribution >= 4 is 5.91 Å². The average Bonchev–Trinajstić information content (AvgIpc) is 2.55. The van der Waals surface area contributed by atoms with Crippen LogP contribution in [-0.2, 0) is 4.79 Å². The molecular formula is C19H25N3O. The third kappa shape index (κ3) is 4.39. The van der Waals surface area contributed by atoms with Crippen LogP contribution in [0.15, 0.2) is 48.8 Å². The first-order chi connectivity index (χ1) is 10.9. The van der Waals surface area contributed by atoms with Gasteiger partial charge in [0, 0.05) is 12.4 Å². The van der Waals surface area contributed by atoms with Gasteiger partial charge in [-0.25, -0.2) is 0 Å². The van der Waals surface area contributed by atoms with Gasteiger partial charge in [0.1, 0.15) is 0 Å². The lowest BCUT2D eigenvalue weighted by molar-refractivity contribution is -0.126. The summed E-state index contributed by atoms with van der Waals surface area (Å²) in [5.74, 6) is -0.108. The molecule has 2 aromatic rings. The summed E-state index contributed by atoms with van der Waals surface area (Å²) in [7, 11) is 0. The zero-order valence-electron chi connectivity index (χ0n) is 14.0. The minimum atomic E-state index is -0.821. The Morgan fingerprint density at radius 3 is 2.52 bits per heavy atom. The predicted molar refractivity (Wildman–Crippen MR) is 93.7 cm³/mol. The summed E-state index contributed by atoms with van der Waals surface area (Å²) >= 11 is 0. The van der Waals surface area contributed by atoms with Crippen molar-refractivity contribution in [3.8, 4) is 11.1 Å². The van der Waals surface area contributed by atoms with Crippen molar-refractivity contribution in [2.24, 2.45) is 5.73 Å². The standard InChI is InChI=1S/C19H25N3O/c1-4-11-19(3,20)18(23)22-14(2)15-7-9-16(10-8-15)17-6-5-12-21-13-17/h5-10,12-14H,4,11,20H2,1-3H3,(H,22,23). The van der Waals surface area contributed by atoms with Crippen molar-refractivity contribution in [3.63, 3.8) is 0 Å². The van der Waals surface area contributed by atoms with Gasteiger partial charge in [0.2, 0.25) is 5.91 Å². The number of benzene rings is 1. The summed E-state index contributed by atoms with van der Waals surface area (Å²) in [4.78, 5) is 16.4. The number of aromatic nitrogens is 1. The highest BCUT2D eigenvalue weighted by Crippen LogP contribution is 2.21. The van der Waals surface area contributed by atoms with E-state index in [-0.39, 0.29) is 11.9 Å². The summed E-state index contributed by atoms with van der Waals surface area (Å²) in [6.07, 6.45) is 5.15. The zero-order valence-corrected chi connectivity index (χ0v) is 14.0. The maximum absolute atomic E-state index is 12.3. The first-order valence-corrected chi connectivity index (χ1v) is 8.04. The molecule has 0 saturated carbocycles. The number of carbonyl (C=O) groups excluding carboxylic acids is 1. The highest BCUT2D eigenvalue weighted by Gasteiger charge is 2.28. The van der Waals surface area contributed by atoms with Crippen molar-refractivity contribution in [3.05, 3.63) is 54.4 Å². The molecule has 0 aliphatic heterocycles. The predicted octanol–water partition coefficient (Wildman–Crippen LogP) is 3.44. The SMILES string of the molecule is CCCC(C)(N)C(=O)NC(C)c1ccc(-c2cccnc2)cc1. The summed E-state index contributed by atoms with van der Waals surface area (Å²) < 4.78 is 0. The third-order valence-corrected chi connectivity index (χ3v) is 4.04. The Kier molecular flexibility index (Phi) is 5.50. The monoisotopic (exact) mass is 311 g/mol. The fourth-order valence-corrected chi connectivity index (χ4v) is 2.58. The first-order valence-electron chi connectivity index (χ1n) is 8.04. The van der Waals surface area contributed by atoms with E-state index in [0.29, 0.717) is 6.42 Å². The van der Waals surface area contributed by atoms with Crippen molar-refractivity contribution in [1.29, 1.82) is 0 Å². The summed E-state index contributed by atoms with van der Waals surface area (Å²) in [5.41, 5.74) is 8.50. The minimum Gasteiger partial charge on any atom is -0.348 e. The van der Waals surface area contributed by atoms with Crippen LogP contribution in [0.1, 0.15) is 45.2 Å². The van der Waals surface area contributed by atoms with Crippen LogP contribution in [0.4, 0.5) is 0 Å². The highest BCUT2D eigenvalue weighted by molar-refractivity contribution is 5.85. The molecule has 3 N–H and O–H groups in total. The van der Waals surface area contributed by atoms with E-state index in [1.54, 1.807) is 13.1 Å². The summed E-state index contributed by atoms with van der Waals surface area (Å²) in [6, 6.07) is 12.0. The molecule has 0 radical (unpaired) electrons. The molecule has 1 aromatic carbocycles. The van der Waals surface area contributed by atoms with Gasteiger partial charge in [-0.15, -0.1) is 0 Å². The lowest BCUT2D eigenvalue weighted by Crippen LogP contribution is -2.52. The molecule has 23 heavy (non-hydrogen) atoms. The zero-order chi connectivity index (χ0) is 16.9. The molecule has 1 amide bonds. The van der Waals surface area contributed by atoms with E-state index in [9.17, 15) is 4.79 Å². The first kappa shape index (κ1) is 17.2. The van der Waals surface area contributed by atoms with Crippen molar-refractivity contribution in [2.75, 3.05) is 0 Å². The normalized spacial score (nSPS) is 14.8. The van der Waals surface area contributed by atoms with E-state index >= 15 is 0 Å². The quantitative estimate of drug-likeness (QED) is 0.858. The van der Waals surface area contributed by atoms with Crippen LogP contribution in [0.25, 0.3) is 11.1 Å². The molecule has 0 aliphatic rings. The number of rotatable bonds is 6. The van der Waals surface area contributed by atoms with Gasteiger partial charge in [-0.2, -0.15) is 0 Å². The van der Waals surface area contributed by atoms with Crippen molar-refractivity contribution in [2.45, 2.75) is 45.2 Å². The van der Waals surface area contributed by atoms with E-state index in [0.717, 1.165) is 23.1 Å². The second-order valence-electron chi connectivity index (χ2n) is 6.23. The van der Waals surface area contributed by atoms with Gasteiger partial charge in [-0.1, -0.05) is 43.7 Å². The van der Waals surface area contributed by atoms with Gasteiger partial charge < -0.3 is 11.1 Å². The molecule has 2 unspecified atom stereocenters. The largest absolute Gasteiger partial charge is 0.348 e. The Balaban J connectivity index is 2.06. The molecule has 0 bridgehead atoms. The van der Waals surface area contributed by atoms with E-state index in [1.165, 1.54) is 0 Å². The van der Waals surface area contributed by atoms with Gasteiger partial charge in [-0.3, -0.25) is 9.78 Å². The Hall–Kier alpha value is -2.20. The Morgan fingerprint density at radius 2 is 1.96 bits per heavy atom. The van der Waals surface area contributed by atoms with Gasteiger partial charge in [0.25, 0.3) is 0 Å². The number of hydrogen-bond donors (Lipinski definition) is 2. The molecular weight excluding hydrogens is 286 g/mol. The molecule has 2 atom stereocenters. The molecule has 0 saturated heterocycles. The van der Waals surface area contributed by atoms with Gasteiger partial charge in [0.15, 0.2) is 0 Å². The van der Waals surface area contributed by atoms with Crippen LogP contribution < -0.4 is 11.1 Å². The van der Waals surface area contributed by atoms with Gasteiger partial charge in [0.05, 0.1) is 11.6 Å². The van der Waals surface area contributed by atoms with E-state index in [4.69, 9.17) is 5.73 Å². The Labute approximate surface area is 138 Å². The average molecular weight is 311 g/mol. The number of nitrogens with two attached hydrogens (primary N) is 1. The third-order valence-electron chi connectivity index (χ3n) is 4.04. The molecule has 4 heteroatoms. The number of nitrogens with one attached hydrogen (secondary N) is 1. The highest BCUT2D eigenvalue weighted by atomic mass is 16.2. The molecule has 0 spiro atoms. The number of amides is 1. The Bertz CT molecular complexity index is 635. The molecule has 4 nitrogen and oxygen atoms in total. The number of nitrogens with zero attached hydrogens (tertiary/aromatic N) is 1. The van der Waals surface area contributed by atoms with Crippen LogP contribution in [-0.4, -0.2) is 16.4 Å². The fourth-order valence-electron chi connectivity index (χ4n) is 2.58. The topological polar surface area (TPSA) is 68.0 Å². The maximum atomic E-state index is 12.3. The minimum absolute atomic E-state index is 0.0785. The molecule has 2 rings (SSSR count). The molecule has 1 aromatic heterocycles. The van der Waals surface area contributed by atoms with Gasteiger partial charge >= 0.3 is 0 Å².